The lowest BCUT2D eigenvalue weighted by Crippen LogP contribution is -1.92. The Morgan fingerprint density at radius 2 is 1.82 bits per heavy atom. The van der Waals surface area contributed by atoms with Crippen molar-refractivity contribution >= 4 is 39.0 Å². The van der Waals surface area contributed by atoms with Gasteiger partial charge in [0.1, 0.15) is 0 Å². The van der Waals surface area contributed by atoms with Gasteiger partial charge in [0.2, 0.25) is 0 Å². The van der Waals surface area contributed by atoms with Crippen LogP contribution in [0.5, 0.6) is 0 Å². The van der Waals surface area contributed by atoms with E-state index in [4.69, 9.17) is 0 Å². The lowest BCUT2D eigenvalue weighted by Gasteiger charge is -2.10. The molecule has 1 unspecified atom stereocenters. The van der Waals surface area contributed by atoms with Crippen LogP contribution in [0.3, 0.4) is 0 Å². The molecule has 0 saturated heterocycles. The number of rotatable bonds is 3. The number of thioether (sulfide) groups is 1. The third-order valence-corrected chi connectivity index (χ3v) is 5.51. The molecule has 0 nitrogen and oxygen atoms in total. The Balaban J connectivity index is 2.30. The monoisotopic (exact) mass is 326 g/mol. The zero-order valence-electron chi connectivity index (χ0n) is 10.2. The highest BCUT2D eigenvalue weighted by atomic mass is 79.9. The summed E-state index contributed by atoms with van der Waals surface area (Å²) in [7, 11) is 0. The molecule has 1 heterocycles. The largest absolute Gasteiger partial charge is 0.146 e. The van der Waals surface area contributed by atoms with Crippen molar-refractivity contribution in [2.45, 2.75) is 23.6 Å². The van der Waals surface area contributed by atoms with Gasteiger partial charge in [-0.2, -0.15) is 0 Å². The highest BCUT2D eigenvalue weighted by molar-refractivity contribution is 9.09. The van der Waals surface area contributed by atoms with Crippen LogP contribution in [0.15, 0.2) is 35.2 Å². The van der Waals surface area contributed by atoms with Crippen LogP contribution in [0.1, 0.15) is 25.7 Å². The van der Waals surface area contributed by atoms with E-state index in [1.54, 1.807) is 11.8 Å². The van der Waals surface area contributed by atoms with Crippen LogP contribution in [0, 0.1) is 13.8 Å². The number of benzene rings is 1. The smallest absolute Gasteiger partial charge is 0.0655 e. The van der Waals surface area contributed by atoms with Gasteiger partial charge in [0.25, 0.3) is 0 Å². The van der Waals surface area contributed by atoms with Crippen LogP contribution in [-0.2, 0) is 0 Å². The first-order valence-electron chi connectivity index (χ1n) is 5.46. The first-order valence-corrected chi connectivity index (χ1v) is 8.42. The van der Waals surface area contributed by atoms with Gasteiger partial charge in [-0.1, -0.05) is 28.1 Å². The van der Waals surface area contributed by atoms with E-state index in [2.05, 4.69) is 66.4 Å². The van der Waals surface area contributed by atoms with Crippen molar-refractivity contribution in [3.8, 4) is 0 Å². The lowest BCUT2D eigenvalue weighted by molar-refractivity contribution is 1.16. The van der Waals surface area contributed by atoms with Gasteiger partial charge in [-0.3, -0.25) is 0 Å². The summed E-state index contributed by atoms with van der Waals surface area (Å²) in [6.45, 7) is 4.36. The molecule has 0 aliphatic heterocycles. The van der Waals surface area contributed by atoms with Crippen molar-refractivity contribution in [3.05, 3.63) is 51.2 Å². The molecule has 0 spiro atoms. The average molecular weight is 327 g/mol. The van der Waals surface area contributed by atoms with Gasteiger partial charge in [-0.15, -0.1) is 23.1 Å². The SMILES string of the molecule is CSc1ccc(C(Br)c2cc(C)sc2C)cc1. The van der Waals surface area contributed by atoms with Gasteiger partial charge < -0.3 is 0 Å². The van der Waals surface area contributed by atoms with Crippen LogP contribution in [0.4, 0.5) is 0 Å². The Kier molecular flexibility index (Phi) is 4.34. The lowest BCUT2D eigenvalue weighted by atomic mass is 10.1. The van der Waals surface area contributed by atoms with E-state index in [1.807, 2.05) is 11.3 Å². The Bertz CT molecular complexity index is 499. The molecule has 0 saturated carbocycles. The Hall–Kier alpha value is -0.250. The summed E-state index contributed by atoms with van der Waals surface area (Å²) in [6.07, 6.45) is 2.10. The molecule has 1 aromatic heterocycles. The molecule has 0 fully saturated rings. The standard InChI is InChI=1S/C14H15BrS2/c1-9-8-13(10(2)17-9)14(15)11-4-6-12(16-3)7-5-11/h4-8,14H,1-3H3. The second-order valence-electron chi connectivity index (χ2n) is 4.00. The van der Waals surface area contributed by atoms with Gasteiger partial charge in [0.15, 0.2) is 0 Å². The summed E-state index contributed by atoms with van der Waals surface area (Å²) in [5, 5.41) is 0. The zero-order chi connectivity index (χ0) is 12.4. The molecule has 0 amide bonds. The van der Waals surface area contributed by atoms with Crippen molar-refractivity contribution in [2.24, 2.45) is 0 Å². The number of aryl methyl sites for hydroxylation is 2. The molecule has 0 radical (unpaired) electrons. The van der Waals surface area contributed by atoms with Crippen LogP contribution < -0.4 is 0 Å². The second kappa shape index (κ2) is 5.59. The van der Waals surface area contributed by atoms with Crippen LogP contribution in [0.25, 0.3) is 0 Å². The minimum absolute atomic E-state index is 0.309. The number of thiophene rings is 1. The van der Waals surface area contributed by atoms with Gasteiger partial charge >= 0.3 is 0 Å². The first-order chi connectivity index (χ1) is 8.11. The van der Waals surface area contributed by atoms with E-state index < -0.39 is 0 Å². The van der Waals surface area contributed by atoms with Gasteiger partial charge in [0, 0.05) is 14.6 Å². The van der Waals surface area contributed by atoms with Crippen LogP contribution >= 0.6 is 39.0 Å². The molecule has 1 aromatic carbocycles. The predicted molar refractivity (Wildman–Crippen MR) is 82.8 cm³/mol. The fourth-order valence-corrected chi connectivity index (χ4v) is 4.16. The predicted octanol–water partition coefficient (Wildman–Crippen LogP) is 5.57. The minimum Gasteiger partial charge on any atom is -0.146 e. The third-order valence-electron chi connectivity index (χ3n) is 2.76. The van der Waals surface area contributed by atoms with E-state index in [1.165, 1.54) is 25.8 Å². The summed E-state index contributed by atoms with van der Waals surface area (Å²) in [4.78, 5) is 4.40. The molecule has 0 aliphatic carbocycles. The zero-order valence-corrected chi connectivity index (χ0v) is 13.4. The van der Waals surface area contributed by atoms with Crippen molar-refractivity contribution in [2.75, 3.05) is 6.26 Å². The molecule has 3 heteroatoms. The Morgan fingerprint density at radius 1 is 1.18 bits per heavy atom. The maximum atomic E-state index is 3.80. The Labute approximate surface area is 120 Å². The number of alkyl halides is 1. The molecule has 0 bridgehead atoms. The van der Waals surface area contributed by atoms with Crippen molar-refractivity contribution in [1.29, 1.82) is 0 Å². The van der Waals surface area contributed by atoms with E-state index >= 15 is 0 Å². The highest BCUT2D eigenvalue weighted by Gasteiger charge is 2.14. The summed E-state index contributed by atoms with van der Waals surface area (Å²) in [5.74, 6) is 0. The van der Waals surface area contributed by atoms with Gasteiger partial charge in [0.05, 0.1) is 4.83 Å². The van der Waals surface area contributed by atoms with E-state index in [0.29, 0.717) is 4.83 Å². The molecule has 0 N–H and O–H groups in total. The maximum Gasteiger partial charge on any atom is 0.0655 e. The summed E-state index contributed by atoms with van der Waals surface area (Å²) < 4.78 is 0. The maximum absolute atomic E-state index is 3.80. The fraction of sp³-hybridized carbons (Fsp3) is 0.286. The minimum atomic E-state index is 0.309. The van der Waals surface area contributed by atoms with Crippen molar-refractivity contribution in [3.63, 3.8) is 0 Å². The second-order valence-corrected chi connectivity index (χ2v) is 7.26. The van der Waals surface area contributed by atoms with Gasteiger partial charge in [-0.25, -0.2) is 0 Å². The summed E-state index contributed by atoms with van der Waals surface area (Å²) >= 11 is 7.45. The van der Waals surface area contributed by atoms with E-state index in [0.717, 1.165) is 0 Å². The number of hydrogen-bond acceptors (Lipinski definition) is 2. The molecule has 1 atom stereocenters. The molecular formula is C14H15BrS2. The highest BCUT2D eigenvalue weighted by Crippen LogP contribution is 2.36. The summed E-state index contributed by atoms with van der Waals surface area (Å²) in [5.41, 5.74) is 2.72. The molecule has 17 heavy (non-hydrogen) atoms. The average Bonchev–Trinajstić information content (AvgIpc) is 2.68. The van der Waals surface area contributed by atoms with Crippen LogP contribution in [-0.4, -0.2) is 6.26 Å². The molecule has 2 rings (SSSR count). The van der Waals surface area contributed by atoms with Gasteiger partial charge in [-0.05, 0) is 49.4 Å². The number of hydrogen-bond donors (Lipinski definition) is 0. The molecule has 2 aromatic rings. The number of halogens is 1. The van der Waals surface area contributed by atoms with Crippen molar-refractivity contribution < 1.29 is 0 Å². The molecular weight excluding hydrogens is 312 g/mol. The third kappa shape index (κ3) is 2.95. The van der Waals surface area contributed by atoms with E-state index in [9.17, 15) is 0 Å². The molecule has 90 valence electrons. The fourth-order valence-electron chi connectivity index (χ4n) is 1.85. The van der Waals surface area contributed by atoms with E-state index in [-0.39, 0.29) is 0 Å². The summed E-state index contributed by atoms with van der Waals surface area (Å²) in [6, 6.07) is 11.1. The topological polar surface area (TPSA) is 0 Å². The molecule has 0 aliphatic rings. The van der Waals surface area contributed by atoms with Crippen LogP contribution in [0.2, 0.25) is 0 Å². The van der Waals surface area contributed by atoms with Crippen molar-refractivity contribution in [1.82, 2.24) is 0 Å². The first kappa shape index (κ1) is 13.2. The quantitative estimate of drug-likeness (QED) is 0.524. The Morgan fingerprint density at radius 3 is 2.29 bits per heavy atom. The normalized spacial score (nSPS) is 12.7.